The molecule has 0 N–H and O–H groups in total. The van der Waals surface area contributed by atoms with Gasteiger partial charge >= 0.3 is 23.1 Å². The van der Waals surface area contributed by atoms with Crippen molar-refractivity contribution in [3.05, 3.63) is 35.9 Å². The minimum Gasteiger partial charge on any atom is -1.00 e. The van der Waals surface area contributed by atoms with Crippen molar-refractivity contribution < 1.29 is 13.5 Å². The average molecular weight is 237 g/mol. The first kappa shape index (κ1) is 17.4. The molecule has 0 amide bonds. The van der Waals surface area contributed by atoms with Crippen LogP contribution in [-0.2, 0) is 0 Å². The van der Waals surface area contributed by atoms with E-state index in [-0.39, 0.29) is 44.7 Å². The fourth-order valence-electron chi connectivity index (χ4n) is 0.396. The summed E-state index contributed by atoms with van der Waals surface area (Å²) >= 11 is 0. The van der Waals surface area contributed by atoms with E-state index < -0.39 is 11.6 Å². The van der Waals surface area contributed by atoms with Crippen LogP contribution in [0.3, 0.4) is 0 Å². The van der Waals surface area contributed by atoms with Gasteiger partial charge in [0, 0.05) is 11.6 Å². The molecule has 58 valence electrons. The second-order valence-electron chi connectivity index (χ2n) is 1.33. The molecule has 0 saturated heterocycles. The molecule has 0 aliphatic carbocycles. The van der Waals surface area contributed by atoms with Crippen LogP contribution in [-0.4, -0.2) is 23.1 Å². The summed E-state index contributed by atoms with van der Waals surface area (Å²) < 4.78 is 23.8. The Morgan fingerprint density at radius 1 is 1.27 bits per heavy atom. The summed E-state index contributed by atoms with van der Waals surface area (Å²) in [5.41, 5.74) is 0. The van der Waals surface area contributed by atoms with E-state index in [1.54, 1.807) is 0 Å². The van der Waals surface area contributed by atoms with Gasteiger partial charge in [-0.1, -0.05) is 0 Å². The minimum absolute atomic E-state index is 0. The average Bonchev–Trinajstić information content (AvgIpc) is 1.77. The summed E-state index contributed by atoms with van der Waals surface area (Å²) in [7, 11) is 0. The Kier molecular flexibility index (Phi) is 13.2. The smallest absolute Gasteiger partial charge is 1.00 e. The molecule has 0 unspecified atom stereocenters. The maximum atomic E-state index is 11.9. The first-order valence-electron chi connectivity index (χ1n) is 2.12. The molecule has 0 bridgehead atoms. The molecular formula is C6H4BrF3Mg. The molecule has 11 heavy (non-hydrogen) atoms. The van der Waals surface area contributed by atoms with Gasteiger partial charge in [0.2, 0.25) is 0 Å². The van der Waals surface area contributed by atoms with Gasteiger partial charge in [-0.2, -0.15) is 12.1 Å². The van der Waals surface area contributed by atoms with Gasteiger partial charge in [-0.05, 0) is 0 Å². The molecule has 0 aliphatic heterocycles. The van der Waals surface area contributed by atoms with Crippen LogP contribution in [0.25, 0.3) is 0 Å². The van der Waals surface area contributed by atoms with Crippen LogP contribution < -0.4 is 4.70 Å². The summed E-state index contributed by atoms with van der Waals surface area (Å²) in [6, 6.07) is 5.81. The molecule has 0 heterocycles. The van der Waals surface area contributed by atoms with E-state index >= 15 is 0 Å². The zero-order chi connectivity index (χ0) is 5.98. The van der Waals surface area contributed by atoms with Crippen LogP contribution in [0, 0.1) is 17.7 Å². The van der Waals surface area contributed by atoms with E-state index in [0.29, 0.717) is 0 Å². The summed E-state index contributed by atoms with van der Waals surface area (Å²) in [5, 5.41) is 0. The standard InChI is InChI=1S/C6H3F2.BrH.FH.Mg/c7-5-3-1-2-4-6(5)8;;;/h1-3H;2*1H;/q-1;;;+2/p-1. The van der Waals surface area contributed by atoms with Crippen molar-refractivity contribution in [2.75, 3.05) is 0 Å². The van der Waals surface area contributed by atoms with E-state index in [4.69, 9.17) is 0 Å². The van der Waals surface area contributed by atoms with E-state index in [0.717, 1.165) is 6.07 Å². The second-order valence-corrected chi connectivity index (χ2v) is 1.33. The fraction of sp³-hybridized carbons (Fsp3) is 0. The van der Waals surface area contributed by atoms with Crippen molar-refractivity contribution in [1.29, 1.82) is 0 Å². The van der Waals surface area contributed by atoms with Crippen molar-refractivity contribution in [3.8, 4) is 0 Å². The third kappa shape index (κ3) is 5.52. The molecule has 0 atom stereocenters. The van der Waals surface area contributed by atoms with Crippen LogP contribution in [0.15, 0.2) is 18.2 Å². The first-order chi connectivity index (χ1) is 3.80. The van der Waals surface area contributed by atoms with Crippen LogP contribution in [0.5, 0.6) is 0 Å². The van der Waals surface area contributed by atoms with Crippen molar-refractivity contribution in [1.82, 2.24) is 0 Å². The number of hydrogen-bond acceptors (Lipinski definition) is 0. The third-order valence-electron chi connectivity index (χ3n) is 0.759. The summed E-state index contributed by atoms with van der Waals surface area (Å²) in [6.45, 7) is 0. The van der Waals surface area contributed by atoms with Gasteiger partial charge in [0.05, 0.1) is 0 Å². The van der Waals surface area contributed by atoms with E-state index in [1.165, 1.54) is 12.1 Å². The van der Waals surface area contributed by atoms with Gasteiger partial charge in [-0.25, -0.2) is 4.39 Å². The Labute approximate surface area is 89.3 Å². The first-order valence-corrected chi connectivity index (χ1v) is 2.12. The van der Waals surface area contributed by atoms with Gasteiger partial charge in [0.15, 0.2) is 0 Å². The Morgan fingerprint density at radius 2 is 1.82 bits per heavy atom. The predicted octanol–water partition coefficient (Wildman–Crippen LogP) is -1.03. The molecular weight excluding hydrogens is 233 g/mol. The van der Waals surface area contributed by atoms with Gasteiger partial charge in [0.1, 0.15) is 0 Å². The van der Waals surface area contributed by atoms with Gasteiger partial charge in [-0.15, -0.1) is 29.1 Å². The Balaban J connectivity index is -0.000000213. The summed E-state index contributed by atoms with van der Waals surface area (Å²) in [6.07, 6.45) is 0. The van der Waals surface area contributed by atoms with Crippen molar-refractivity contribution >= 4 is 40.0 Å². The van der Waals surface area contributed by atoms with Crippen molar-refractivity contribution in [2.45, 2.75) is 0 Å². The zero-order valence-corrected chi connectivity index (χ0v) is 8.61. The van der Waals surface area contributed by atoms with Gasteiger partial charge in [0.25, 0.3) is 0 Å². The molecule has 0 aromatic heterocycles. The monoisotopic (exact) mass is 236 g/mol. The van der Waals surface area contributed by atoms with Crippen molar-refractivity contribution in [2.24, 2.45) is 0 Å². The van der Waals surface area contributed by atoms with E-state index in [2.05, 4.69) is 6.07 Å². The third-order valence-corrected chi connectivity index (χ3v) is 0.759. The molecule has 1 rings (SSSR count). The van der Waals surface area contributed by atoms with Gasteiger partial charge in [-0.3, -0.25) is 4.39 Å². The topological polar surface area (TPSA) is 0 Å². The number of hydrogen-bond donors (Lipinski definition) is 0. The molecule has 0 fully saturated rings. The zero-order valence-electron chi connectivity index (χ0n) is 5.48. The number of halogens is 4. The molecule has 1 aromatic rings. The van der Waals surface area contributed by atoms with Crippen molar-refractivity contribution in [3.63, 3.8) is 0 Å². The Bertz CT molecular complexity index is 174. The predicted molar refractivity (Wildman–Crippen MR) is 41.3 cm³/mol. The Morgan fingerprint density at radius 3 is 2.09 bits per heavy atom. The minimum atomic E-state index is -0.924. The Hall–Kier alpha value is 0.256. The van der Waals surface area contributed by atoms with Crippen LogP contribution >= 0.6 is 17.0 Å². The maximum absolute atomic E-state index is 11.9. The second kappa shape index (κ2) is 8.35. The molecule has 5 heteroatoms. The quantitative estimate of drug-likeness (QED) is 0.400. The molecule has 1 aromatic carbocycles. The fourth-order valence-corrected chi connectivity index (χ4v) is 0.396. The van der Waals surface area contributed by atoms with E-state index in [9.17, 15) is 8.78 Å². The molecule has 0 nitrogen and oxygen atoms in total. The largest absolute Gasteiger partial charge is 2.00 e. The molecule has 0 saturated carbocycles. The molecule has 0 radical (unpaired) electrons. The van der Waals surface area contributed by atoms with E-state index in [1.807, 2.05) is 0 Å². The molecule has 0 aliphatic rings. The maximum Gasteiger partial charge on any atom is 2.00 e. The number of rotatable bonds is 0. The summed E-state index contributed by atoms with van der Waals surface area (Å²) in [5.74, 6) is -1.78. The van der Waals surface area contributed by atoms with Crippen LogP contribution in [0.2, 0.25) is 0 Å². The molecule has 0 spiro atoms. The van der Waals surface area contributed by atoms with Crippen LogP contribution in [0.4, 0.5) is 8.78 Å². The normalized spacial score (nSPS) is 6.73. The number of benzene rings is 1. The van der Waals surface area contributed by atoms with Crippen LogP contribution in [0.1, 0.15) is 0 Å². The van der Waals surface area contributed by atoms with Gasteiger partial charge < -0.3 is 4.70 Å². The SMILES string of the molecule is Br.Fc1[c-]cccc1F.[F-].[Mg+2]. The summed E-state index contributed by atoms with van der Waals surface area (Å²) in [4.78, 5) is 0.